The summed E-state index contributed by atoms with van der Waals surface area (Å²) in [7, 11) is 1.29. The quantitative estimate of drug-likeness (QED) is 0.695. The Hall–Kier alpha value is -2.63. The van der Waals surface area contributed by atoms with Crippen LogP contribution in [0.3, 0.4) is 0 Å². The molecule has 1 aliphatic rings. The van der Waals surface area contributed by atoms with Crippen LogP contribution < -0.4 is 10.9 Å². The standard InChI is InChI=1S/C17H24N6O4S/c1-20(2)28(26,27)23-10-8-22(9-11-23)17(25)19-18-16(24)14-12-21(3)15-7-5-4-6-13(14)15/h4-7,12H,8-11H2,1-3H3,(H,18,24)(H,19,25). The molecular formula is C17H24N6O4S. The van der Waals surface area contributed by atoms with Gasteiger partial charge in [-0.05, 0) is 6.07 Å². The molecule has 11 heteroatoms. The Kier molecular flexibility index (Phi) is 5.59. The van der Waals surface area contributed by atoms with Crippen LogP contribution in [0.25, 0.3) is 10.9 Å². The highest BCUT2D eigenvalue weighted by Crippen LogP contribution is 2.19. The second-order valence-corrected chi connectivity index (χ2v) is 8.87. The molecule has 0 atom stereocenters. The number of carbonyl (C=O) groups excluding carboxylic acids is 2. The van der Waals surface area contributed by atoms with Crippen molar-refractivity contribution in [3.8, 4) is 0 Å². The van der Waals surface area contributed by atoms with E-state index in [-0.39, 0.29) is 26.2 Å². The van der Waals surface area contributed by atoms with Crippen molar-refractivity contribution in [2.24, 2.45) is 7.05 Å². The van der Waals surface area contributed by atoms with Crippen LogP contribution in [-0.2, 0) is 17.3 Å². The Balaban J connectivity index is 1.57. The van der Waals surface area contributed by atoms with Gasteiger partial charge >= 0.3 is 6.03 Å². The van der Waals surface area contributed by atoms with E-state index in [4.69, 9.17) is 0 Å². The van der Waals surface area contributed by atoms with Crippen LogP contribution in [0.15, 0.2) is 30.5 Å². The van der Waals surface area contributed by atoms with Crippen molar-refractivity contribution >= 4 is 33.1 Å². The van der Waals surface area contributed by atoms with E-state index in [1.165, 1.54) is 23.3 Å². The van der Waals surface area contributed by atoms with Crippen LogP contribution >= 0.6 is 0 Å². The molecule has 0 spiro atoms. The third kappa shape index (κ3) is 3.81. The number of carbonyl (C=O) groups is 2. The van der Waals surface area contributed by atoms with Gasteiger partial charge in [-0.2, -0.15) is 17.0 Å². The molecule has 1 aromatic heterocycles. The van der Waals surface area contributed by atoms with E-state index in [2.05, 4.69) is 10.9 Å². The van der Waals surface area contributed by atoms with Gasteiger partial charge < -0.3 is 9.47 Å². The van der Waals surface area contributed by atoms with Crippen LogP contribution in [0.4, 0.5) is 4.79 Å². The fraction of sp³-hybridized carbons (Fsp3) is 0.412. The smallest absolute Gasteiger partial charge is 0.336 e. The monoisotopic (exact) mass is 408 g/mol. The number of hydrazine groups is 1. The van der Waals surface area contributed by atoms with Crippen LogP contribution in [0.1, 0.15) is 10.4 Å². The number of hydrogen-bond donors (Lipinski definition) is 2. The highest BCUT2D eigenvalue weighted by molar-refractivity contribution is 7.86. The fourth-order valence-corrected chi connectivity index (χ4v) is 4.22. The van der Waals surface area contributed by atoms with Crippen molar-refractivity contribution in [1.82, 2.24) is 28.9 Å². The Morgan fingerprint density at radius 2 is 1.68 bits per heavy atom. The number of hydrogen-bond acceptors (Lipinski definition) is 4. The minimum absolute atomic E-state index is 0.200. The third-order valence-corrected chi connectivity index (χ3v) is 6.68. The van der Waals surface area contributed by atoms with E-state index in [1.54, 1.807) is 6.20 Å². The minimum Gasteiger partial charge on any atom is -0.350 e. The fourth-order valence-electron chi connectivity index (χ4n) is 3.13. The molecule has 1 fully saturated rings. The van der Waals surface area contributed by atoms with Gasteiger partial charge in [0.05, 0.1) is 5.56 Å². The molecule has 2 aromatic rings. The Morgan fingerprint density at radius 3 is 2.32 bits per heavy atom. The largest absolute Gasteiger partial charge is 0.350 e. The molecule has 10 nitrogen and oxygen atoms in total. The molecule has 1 saturated heterocycles. The molecule has 0 unspecified atom stereocenters. The van der Waals surface area contributed by atoms with Crippen molar-refractivity contribution in [3.05, 3.63) is 36.0 Å². The Bertz CT molecular complexity index is 992. The molecule has 3 amide bonds. The molecule has 0 radical (unpaired) electrons. The van der Waals surface area contributed by atoms with Gasteiger partial charge in [0.15, 0.2) is 0 Å². The van der Waals surface area contributed by atoms with Crippen LogP contribution in [-0.4, -0.2) is 78.7 Å². The summed E-state index contributed by atoms with van der Waals surface area (Å²) in [6.45, 7) is 0.877. The summed E-state index contributed by atoms with van der Waals surface area (Å²) >= 11 is 0. The molecule has 28 heavy (non-hydrogen) atoms. The lowest BCUT2D eigenvalue weighted by Gasteiger charge is -2.34. The Morgan fingerprint density at radius 1 is 1.04 bits per heavy atom. The van der Waals surface area contributed by atoms with E-state index in [9.17, 15) is 18.0 Å². The number of urea groups is 1. The summed E-state index contributed by atoms with van der Waals surface area (Å²) in [6.07, 6.45) is 1.71. The van der Waals surface area contributed by atoms with Gasteiger partial charge in [0.2, 0.25) is 0 Å². The zero-order chi connectivity index (χ0) is 20.5. The topological polar surface area (TPSA) is 107 Å². The predicted molar refractivity (Wildman–Crippen MR) is 105 cm³/mol. The van der Waals surface area contributed by atoms with Gasteiger partial charge in [0.25, 0.3) is 16.1 Å². The molecular weight excluding hydrogens is 384 g/mol. The van der Waals surface area contributed by atoms with E-state index >= 15 is 0 Å². The molecule has 152 valence electrons. The number of para-hydroxylation sites is 1. The predicted octanol–water partition coefficient (Wildman–Crippen LogP) is -0.0433. The first kappa shape index (κ1) is 20.1. The summed E-state index contributed by atoms with van der Waals surface area (Å²) in [5.41, 5.74) is 6.20. The lowest BCUT2D eigenvalue weighted by molar-refractivity contribution is 0.0928. The summed E-state index contributed by atoms with van der Waals surface area (Å²) in [5, 5.41) is 0.791. The number of amides is 3. The van der Waals surface area contributed by atoms with Crippen LogP contribution in [0, 0.1) is 0 Å². The molecule has 2 heterocycles. The van der Waals surface area contributed by atoms with Gasteiger partial charge in [0.1, 0.15) is 0 Å². The van der Waals surface area contributed by atoms with Crippen molar-refractivity contribution < 1.29 is 18.0 Å². The first-order chi connectivity index (χ1) is 13.2. The lowest BCUT2D eigenvalue weighted by atomic mass is 10.2. The number of benzene rings is 1. The molecule has 2 N–H and O–H groups in total. The number of nitrogens with one attached hydrogen (secondary N) is 2. The minimum atomic E-state index is -3.49. The number of rotatable bonds is 3. The van der Waals surface area contributed by atoms with Gasteiger partial charge in [-0.1, -0.05) is 18.2 Å². The average Bonchev–Trinajstić information content (AvgIpc) is 3.03. The molecule has 0 bridgehead atoms. The van der Waals surface area contributed by atoms with Crippen molar-refractivity contribution in [2.45, 2.75) is 0 Å². The summed E-state index contributed by atoms with van der Waals surface area (Å²) in [5.74, 6) is -0.418. The highest BCUT2D eigenvalue weighted by Gasteiger charge is 2.30. The normalized spacial score (nSPS) is 15.8. The second kappa shape index (κ2) is 7.78. The Labute approximate surface area is 163 Å². The maximum absolute atomic E-state index is 12.5. The van der Waals surface area contributed by atoms with E-state index in [0.29, 0.717) is 5.56 Å². The van der Waals surface area contributed by atoms with Crippen LogP contribution in [0.5, 0.6) is 0 Å². The van der Waals surface area contributed by atoms with E-state index in [1.807, 2.05) is 35.9 Å². The van der Waals surface area contributed by atoms with Crippen molar-refractivity contribution in [1.29, 1.82) is 0 Å². The first-order valence-electron chi connectivity index (χ1n) is 8.78. The first-order valence-corrected chi connectivity index (χ1v) is 10.2. The maximum Gasteiger partial charge on any atom is 0.336 e. The highest BCUT2D eigenvalue weighted by atomic mass is 32.2. The number of aromatic nitrogens is 1. The van der Waals surface area contributed by atoms with Crippen LogP contribution in [0.2, 0.25) is 0 Å². The maximum atomic E-state index is 12.5. The number of fused-ring (bicyclic) bond motifs is 1. The molecule has 1 aliphatic heterocycles. The summed E-state index contributed by atoms with van der Waals surface area (Å²) in [4.78, 5) is 26.2. The molecule has 1 aromatic carbocycles. The summed E-state index contributed by atoms with van der Waals surface area (Å²) in [6, 6.07) is 7.01. The van der Waals surface area contributed by atoms with Gasteiger partial charge in [0, 0.05) is 64.4 Å². The average molecular weight is 408 g/mol. The SMILES string of the molecule is CN(C)S(=O)(=O)N1CCN(C(=O)NNC(=O)c2cn(C)c3ccccc23)CC1. The van der Waals surface area contributed by atoms with Crippen molar-refractivity contribution in [3.63, 3.8) is 0 Å². The number of nitrogens with zero attached hydrogens (tertiary/aromatic N) is 4. The molecule has 3 rings (SSSR count). The van der Waals surface area contributed by atoms with Crippen molar-refractivity contribution in [2.75, 3.05) is 40.3 Å². The second-order valence-electron chi connectivity index (χ2n) is 6.73. The van der Waals surface area contributed by atoms with E-state index < -0.39 is 22.1 Å². The van der Waals surface area contributed by atoms with Gasteiger partial charge in [-0.15, -0.1) is 0 Å². The molecule has 0 aliphatic carbocycles. The van der Waals surface area contributed by atoms with Gasteiger partial charge in [-0.3, -0.25) is 10.2 Å². The van der Waals surface area contributed by atoms with Gasteiger partial charge in [-0.25, -0.2) is 10.2 Å². The zero-order valence-electron chi connectivity index (χ0n) is 16.0. The lowest BCUT2D eigenvalue weighted by Crippen LogP contribution is -2.57. The number of aryl methyl sites for hydroxylation is 1. The number of piperazine rings is 1. The molecule has 0 saturated carbocycles. The summed E-state index contributed by atoms with van der Waals surface area (Å²) < 4.78 is 28.5. The zero-order valence-corrected chi connectivity index (χ0v) is 16.9. The van der Waals surface area contributed by atoms with E-state index in [0.717, 1.165) is 15.2 Å². The third-order valence-electron chi connectivity index (χ3n) is 4.74.